The van der Waals surface area contributed by atoms with Gasteiger partial charge in [-0.3, -0.25) is 4.79 Å². The van der Waals surface area contributed by atoms with E-state index in [9.17, 15) is 4.79 Å². The lowest BCUT2D eigenvalue weighted by Crippen LogP contribution is -2.38. The first-order chi connectivity index (χ1) is 8.68. The van der Waals surface area contributed by atoms with Gasteiger partial charge in [0.2, 0.25) is 0 Å². The van der Waals surface area contributed by atoms with E-state index >= 15 is 0 Å². The Hall–Kier alpha value is -1.59. The van der Waals surface area contributed by atoms with Gasteiger partial charge in [0.25, 0.3) is 0 Å². The molecular formula is C13H18N2O3. The molecule has 0 aliphatic carbocycles. The highest BCUT2D eigenvalue weighted by molar-refractivity contribution is 5.74. The zero-order valence-corrected chi connectivity index (χ0v) is 10.2. The fourth-order valence-electron chi connectivity index (χ4n) is 2.12. The lowest BCUT2D eigenvalue weighted by atomic mass is 10.0. The number of carboxylic acids is 1. The highest BCUT2D eigenvalue weighted by atomic mass is 16.5. The van der Waals surface area contributed by atoms with Crippen LogP contribution in [-0.4, -0.2) is 43.4 Å². The van der Waals surface area contributed by atoms with E-state index in [2.05, 4.69) is 4.90 Å². The van der Waals surface area contributed by atoms with Crippen LogP contribution in [0, 0.1) is 0 Å². The van der Waals surface area contributed by atoms with Gasteiger partial charge in [0, 0.05) is 25.2 Å². The number of aliphatic carboxylic acids is 1. The average molecular weight is 250 g/mol. The Morgan fingerprint density at radius 1 is 1.39 bits per heavy atom. The van der Waals surface area contributed by atoms with E-state index in [4.69, 9.17) is 15.6 Å². The normalized spacial score (nSPS) is 17.5. The molecule has 18 heavy (non-hydrogen) atoms. The number of benzene rings is 1. The van der Waals surface area contributed by atoms with Crippen molar-refractivity contribution in [2.24, 2.45) is 5.73 Å². The highest BCUT2D eigenvalue weighted by Crippen LogP contribution is 2.22. The maximum Gasteiger partial charge on any atom is 0.320 e. The molecule has 1 unspecified atom stereocenters. The average Bonchev–Trinajstić information content (AvgIpc) is 2.40. The smallest absolute Gasteiger partial charge is 0.320 e. The topological polar surface area (TPSA) is 75.8 Å². The van der Waals surface area contributed by atoms with Crippen molar-refractivity contribution >= 4 is 11.7 Å². The number of ether oxygens (including phenoxy) is 1. The maximum absolute atomic E-state index is 10.8. The Balaban J connectivity index is 2.16. The van der Waals surface area contributed by atoms with Crippen molar-refractivity contribution in [2.45, 2.75) is 12.5 Å². The molecule has 1 saturated heterocycles. The van der Waals surface area contributed by atoms with Gasteiger partial charge >= 0.3 is 5.97 Å². The molecule has 0 amide bonds. The van der Waals surface area contributed by atoms with Crippen molar-refractivity contribution in [3.63, 3.8) is 0 Å². The number of nitrogens with zero attached hydrogens (tertiary/aromatic N) is 1. The van der Waals surface area contributed by atoms with Crippen molar-refractivity contribution in [1.82, 2.24) is 0 Å². The number of para-hydroxylation sites is 1. The summed E-state index contributed by atoms with van der Waals surface area (Å²) in [6.07, 6.45) is 0.350. The quantitative estimate of drug-likeness (QED) is 0.812. The van der Waals surface area contributed by atoms with Crippen molar-refractivity contribution in [2.75, 3.05) is 31.2 Å². The molecule has 0 spiro atoms. The van der Waals surface area contributed by atoms with Crippen LogP contribution in [0.2, 0.25) is 0 Å². The summed E-state index contributed by atoms with van der Waals surface area (Å²) >= 11 is 0. The van der Waals surface area contributed by atoms with Gasteiger partial charge in [-0.1, -0.05) is 18.2 Å². The number of carbonyl (C=O) groups is 1. The van der Waals surface area contributed by atoms with Crippen LogP contribution < -0.4 is 10.6 Å². The summed E-state index contributed by atoms with van der Waals surface area (Å²) in [6.45, 7) is 3.08. The van der Waals surface area contributed by atoms with Gasteiger partial charge in [-0.15, -0.1) is 0 Å². The number of nitrogens with two attached hydrogens (primary N) is 1. The van der Waals surface area contributed by atoms with Crippen LogP contribution in [-0.2, 0) is 16.0 Å². The molecule has 1 fully saturated rings. The van der Waals surface area contributed by atoms with Crippen molar-refractivity contribution in [3.05, 3.63) is 29.8 Å². The van der Waals surface area contributed by atoms with E-state index in [1.807, 2.05) is 24.3 Å². The third kappa shape index (κ3) is 3.00. The van der Waals surface area contributed by atoms with Crippen LogP contribution in [0.4, 0.5) is 5.69 Å². The first kappa shape index (κ1) is 12.9. The lowest BCUT2D eigenvalue weighted by molar-refractivity contribution is -0.138. The van der Waals surface area contributed by atoms with Gasteiger partial charge in [0.15, 0.2) is 0 Å². The predicted octanol–water partition coefficient (Wildman–Crippen LogP) is 0.478. The highest BCUT2D eigenvalue weighted by Gasteiger charge is 2.18. The summed E-state index contributed by atoms with van der Waals surface area (Å²) in [5, 5.41) is 8.89. The fraction of sp³-hybridized carbons (Fsp3) is 0.462. The van der Waals surface area contributed by atoms with E-state index in [0.717, 1.165) is 24.3 Å². The molecule has 5 heteroatoms. The summed E-state index contributed by atoms with van der Waals surface area (Å²) in [6, 6.07) is 6.96. The summed E-state index contributed by atoms with van der Waals surface area (Å²) < 4.78 is 5.32. The molecule has 0 saturated carbocycles. The Labute approximate surface area is 106 Å². The number of hydrogen-bond acceptors (Lipinski definition) is 4. The van der Waals surface area contributed by atoms with Crippen molar-refractivity contribution < 1.29 is 14.6 Å². The zero-order chi connectivity index (χ0) is 13.0. The van der Waals surface area contributed by atoms with Crippen LogP contribution in [0.15, 0.2) is 24.3 Å². The van der Waals surface area contributed by atoms with E-state index < -0.39 is 12.0 Å². The molecule has 3 N–H and O–H groups in total. The minimum Gasteiger partial charge on any atom is -0.480 e. The Morgan fingerprint density at radius 2 is 2.06 bits per heavy atom. The number of hydrogen-bond donors (Lipinski definition) is 2. The molecule has 1 aromatic rings. The molecular weight excluding hydrogens is 232 g/mol. The Bertz CT molecular complexity index is 416. The molecule has 0 bridgehead atoms. The minimum atomic E-state index is -0.966. The third-order valence-electron chi connectivity index (χ3n) is 3.10. The zero-order valence-electron chi connectivity index (χ0n) is 10.2. The van der Waals surface area contributed by atoms with Gasteiger partial charge in [-0.25, -0.2) is 0 Å². The van der Waals surface area contributed by atoms with Gasteiger partial charge in [0.05, 0.1) is 13.2 Å². The molecule has 1 aliphatic rings. The van der Waals surface area contributed by atoms with Gasteiger partial charge < -0.3 is 20.5 Å². The first-order valence-electron chi connectivity index (χ1n) is 6.07. The van der Waals surface area contributed by atoms with E-state index in [1.54, 1.807) is 0 Å². The van der Waals surface area contributed by atoms with Gasteiger partial charge in [-0.05, 0) is 11.6 Å². The molecule has 1 atom stereocenters. The van der Waals surface area contributed by atoms with Crippen LogP contribution in [0.5, 0.6) is 0 Å². The van der Waals surface area contributed by atoms with Gasteiger partial charge in [-0.2, -0.15) is 0 Å². The molecule has 98 valence electrons. The number of rotatable bonds is 4. The molecule has 1 aromatic carbocycles. The standard InChI is InChI=1S/C13H18N2O3/c14-11(13(16)17)9-10-3-1-2-4-12(10)15-5-7-18-8-6-15/h1-4,11H,5-9,14H2,(H,16,17). The summed E-state index contributed by atoms with van der Waals surface area (Å²) in [5.41, 5.74) is 7.65. The fourth-order valence-corrected chi connectivity index (χ4v) is 2.12. The van der Waals surface area contributed by atoms with Crippen LogP contribution >= 0.6 is 0 Å². The SMILES string of the molecule is NC(Cc1ccccc1N1CCOCC1)C(=O)O. The molecule has 0 radical (unpaired) electrons. The molecule has 1 heterocycles. The van der Waals surface area contributed by atoms with E-state index in [-0.39, 0.29) is 0 Å². The van der Waals surface area contributed by atoms with Crippen molar-refractivity contribution in [1.29, 1.82) is 0 Å². The Morgan fingerprint density at radius 3 is 2.72 bits per heavy atom. The predicted molar refractivity (Wildman–Crippen MR) is 68.8 cm³/mol. The molecule has 5 nitrogen and oxygen atoms in total. The van der Waals surface area contributed by atoms with Crippen LogP contribution in [0.3, 0.4) is 0 Å². The molecule has 1 aliphatic heterocycles. The lowest BCUT2D eigenvalue weighted by Gasteiger charge is -2.30. The molecule has 2 rings (SSSR count). The third-order valence-corrected chi connectivity index (χ3v) is 3.10. The van der Waals surface area contributed by atoms with Crippen LogP contribution in [0.25, 0.3) is 0 Å². The summed E-state index contributed by atoms with van der Waals surface area (Å²) in [7, 11) is 0. The minimum absolute atomic E-state index is 0.350. The maximum atomic E-state index is 10.8. The second kappa shape index (κ2) is 5.84. The largest absolute Gasteiger partial charge is 0.480 e. The monoisotopic (exact) mass is 250 g/mol. The number of morpholine rings is 1. The summed E-state index contributed by atoms with van der Waals surface area (Å²) in [5.74, 6) is -0.966. The first-order valence-corrected chi connectivity index (χ1v) is 6.07. The number of anilines is 1. The molecule has 0 aromatic heterocycles. The Kier molecular flexibility index (Phi) is 4.17. The van der Waals surface area contributed by atoms with E-state index in [1.165, 1.54) is 0 Å². The second-order valence-corrected chi connectivity index (χ2v) is 4.38. The van der Waals surface area contributed by atoms with Crippen LogP contribution in [0.1, 0.15) is 5.56 Å². The number of carboxylic acid groups (broad SMARTS) is 1. The second-order valence-electron chi connectivity index (χ2n) is 4.38. The summed E-state index contributed by atoms with van der Waals surface area (Å²) in [4.78, 5) is 13.0. The van der Waals surface area contributed by atoms with E-state index in [0.29, 0.717) is 19.6 Å². The van der Waals surface area contributed by atoms with Crippen molar-refractivity contribution in [3.8, 4) is 0 Å². The van der Waals surface area contributed by atoms with Gasteiger partial charge in [0.1, 0.15) is 6.04 Å².